The van der Waals surface area contributed by atoms with Crippen molar-refractivity contribution in [2.24, 2.45) is 0 Å². The van der Waals surface area contributed by atoms with E-state index in [9.17, 15) is 18.3 Å². The fourth-order valence-electron chi connectivity index (χ4n) is 4.23. The first-order chi connectivity index (χ1) is 15.4. The third-order valence-corrected chi connectivity index (χ3v) is 7.73. The molecule has 1 saturated heterocycles. The number of fused-ring (bicyclic) bond motifs is 3. The number of anilines is 1. The number of furan rings is 1. The van der Waals surface area contributed by atoms with Gasteiger partial charge in [0.1, 0.15) is 11.3 Å². The summed E-state index contributed by atoms with van der Waals surface area (Å²) in [7, 11) is -3.66. The van der Waals surface area contributed by atoms with Crippen molar-refractivity contribution >= 4 is 43.4 Å². The minimum absolute atomic E-state index is 0.0174. The van der Waals surface area contributed by atoms with Crippen LogP contribution in [-0.2, 0) is 21.2 Å². The Hall–Kier alpha value is -3.36. The van der Waals surface area contributed by atoms with Crippen molar-refractivity contribution in [1.29, 1.82) is 0 Å². The lowest BCUT2D eigenvalue weighted by Gasteiger charge is -2.16. The number of nitrogens with one attached hydrogen (secondary N) is 1. The van der Waals surface area contributed by atoms with Gasteiger partial charge in [-0.05, 0) is 47.9 Å². The second-order valence-electron chi connectivity index (χ2n) is 7.94. The van der Waals surface area contributed by atoms with Crippen LogP contribution in [-0.4, -0.2) is 36.8 Å². The van der Waals surface area contributed by atoms with Gasteiger partial charge in [-0.2, -0.15) is 4.31 Å². The summed E-state index contributed by atoms with van der Waals surface area (Å²) in [6.45, 7) is 0.957. The van der Waals surface area contributed by atoms with Crippen molar-refractivity contribution in [3.8, 4) is 5.75 Å². The van der Waals surface area contributed by atoms with Crippen molar-refractivity contribution in [3.05, 3.63) is 66.4 Å². The van der Waals surface area contributed by atoms with E-state index in [1.54, 1.807) is 6.26 Å². The Labute approximate surface area is 185 Å². The molecule has 0 radical (unpaired) electrons. The van der Waals surface area contributed by atoms with E-state index in [1.807, 2.05) is 36.4 Å². The highest BCUT2D eigenvalue weighted by Crippen LogP contribution is 2.32. The molecule has 8 heteroatoms. The van der Waals surface area contributed by atoms with Crippen LogP contribution in [0.2, 0.25) is 0 Å². The highest BCUT2D eigenvalue weighted by molar-refractivity contribution is 7.89. The van der Waals surface area contributed by atoms with E-state index in [0.717, 1.165) is 34.6 Å². The number of amides is 1. The summed E-state index contributed by atoms with van der Waals surface area (Å²) in [6.07, 6.45) is 3.23. The molecular formula is C24H22N2O5S. The number of sulfonamides is 1. The van der Waals surface area contributed by atoms with Gasteiger partial charge in [0.15, 0.2) is 0 Å². The van der Waals surface area contributed by atoms with Gasteiger partial charge in [0.2, 0.25) is 15.9 Å². The summed E-state index contributed by atoms with van der Waals surface area (Å²) in [6, 6.07) is 15.7. The summed E-state index contributed by atoms with van der Waals surface area (Å²) in [4.78, 5) is 12.9. The smallest absolute Gasteiger partial charge is 0.243 e. The standard InChI is InChI=1S/C24H22N2O5S/c27-21-9-8-18(32(29,30)26-11-3-4-12-26)14-20(21)25-23(28)13-17-15-31-22-10-7-16-5-1-2-6-19(16)24(17)22/h1-2,5-10,14-15,27H,3-4,11-13H2,(H,25,28). The normalized spacial score (nSPS) is 14.9. The maximum absolute atomic E-state index is 12.8. The van der Waals surface area contributed by atoms with Gasteiger partial charge in [-0.3, -0.25) is 4.79 Å². The second kappa shape index (κ2) is 7.96. The van der Waals surface area contributed by atoms with E-state index < -0.39 is 10.0 Å². The van der Waals surface area contributed by atoms with Crippen molar-refractivity contribution in [2.45, 2.75) is 24.2 Å². The Morgan fingerprint density at radius 1 is 1.06 bits per heavy atom. The van der Waals surface area contributed by atoms with Crippen molar-refractivity contribution < 1.29 is 22.7 Å². The fraction of sp³-hybridized carbons (Fsp3) is 0.208. The quantitative estimate of drug-likeness (QED) is 0.443. The van der Waals surface area contributed by atoms with Crippen LogP contribution in [0.3, 0.4) is 0 Å². The predicted octanol–water partition coefficient (Wildman–Crippen LogP) is 4.26. The molecule has 0 aliphatic carbocycles. The molecular weight excluding hydrogens is 428 g/mol. The summed E-state index contributed by atoms with van der Waals surface area (Å²) in [5.41, 5.74) is 1.47. The number of nitrogens with zero attached hydrogens (tertiary/aromatic N) is 1. The van der Waals surface area contributed by atoms with Crippen LogP contribution >= 0.6 is 0 Å². The molecule has 0 atom stereocenters. The van der Waals surface area contributed by atoms with Gasteiger partial charge in [-0.25, -0.2) is 8.42 Å². The topological polar surface area (TPSA) is 99.8 Å². The molecule has 7 nitrogen and oxygen atoms in total. The molecule has 0 saturated carbocycles. The van der Waals surface area contributed by atoms with E-state index in [-0.39, 0.29) is 28.7 Å². The van der Waals surface area contributed by atoms with Crippen LogP contribution in [0.4, 0.5) is 5.69 Å². The first-order valence-corrected chi connectivity index (χ1v) is 11.9. The molecule has 2 heterocycles. The maximum Gasteiger partial charge on any atom is 0.243 e. The minimum Gasteiger partial charge on any atom is -0.506 e. The largest absolute Gasteiger partial charge is 0.506 e. The zero-order valence-electron chi connectivity index (χ0n) is 17.2. The van der Waals surface area contributed by atoms with Gasteiger partial charge in [0.25, 0.3) is 0 Å². The number of carbonyl (C=O) groups is 1. The fourth-order valence-corrected chi connectivity index (χ4v) is 5.77. The lowest BCUT2D eigenvalue weighted by atomic mass is 10.0. The zero-order valence-corrected chi connectivity index (χ0v) is 18.1. The minimum atomic E-state index is -3.66. The molecule has 1 aliphatic rings. The van der Waals surface area contributed by atoms with Crippen molar-refractivity contribution in [3.63, 3.8) is 0 Å². The Kier molecular flexibility index (Phi) is 5.11. The molecule has 3 aromatic carbocycles. The molecule has 1 amide bonds. The number of hydrogen-bond donors (Lipinski definition) is 2. The van der Waals surface area contributed by atoms with E-state index >= 15 is 0 Å². The van der Waals surface area contributed by atoms with Gasteiger partial charge in [-0.1, -0.05) is 30.3 Å². The number of phenolic OH excluding ortho intramolecular Hbond substituents is 1. The Balaban J connectivity index is 1.42. The molecule has 0 unspecified atom stereocenters. The lowest BCUT2D eigenvalue weighted by molar-refractivity contribution is -0.115. The van der Waals surface area contributed by atoms with Crippen LogP contribution in [0.25, 0.3) is 21.7 Å². The van der Waals surface area contributed by atoms with Crippen molar-refractivity contribution in [1.82, 2.24) is 4.31 Å². The summed E-state index contributed by atoms with van der Waals surface area (Å²) >= 11 is 0. The highest BCUT2D eigenvalue weighted by Gasteiger charge is 2.28. The average molecular weight is 451 g/mol. The third kappa shape index (κ3) is 3.61. The average Bonchev–Trinajstić information content (AvgIpc) is 3.46. The molecule has 5 rings (SSSR count). The van der Waals surface area contributed by atoms with Crippen LogP contribution in [0, 0.1) is 0 Å². The number of hydrogen-bond acceptors (Lipinski definition) is 5. The van der Waals surface area contributed by atoms with E-state index in [1.165, 1.54) is 22.5 Å². The van der Waals surface area contributed by atoms with E-state index in [0.29, 0.717) is 18.7 Å². The number of phenols is 1. The summed E-state index contributed by atoms with van der Waals surface area (Å²) in [5, 5.41) is 15.8. The summed E-state index contributed by atoms with van der Waals surface area (Å²) in [5.74, 6) is -0.576. The lowest BCUT2D eigenvalue weighted by Crippen LogP contribution is -2.28. The molecule has 0 bridgehead atoms. The number of benzene rings is 3. The van der Waals surface area contributed by atoms with Gasteiger partial charge < -0.3 is 14.8 Å². The van der Waals surface area contributed by atoms with E-state index in [4.69, 9.17) is 4.42 Å². The number of carbonyl (C=O) groups excluding carboxylic acids is 1. The Morgan fingerprint density at radius 3 is 2.66 bits per heavy atom. The molecule has 1 fully saturated rings. The SMILES string of the molecule is O=C(Cc1coc2ccc3ccccc3c12)Nc1cc(S(=O)(=O)N2CCCC2)ccc1O. The first kappa shape index (κ1) is 20.5. The predicted molar refractivity (Wildman–Crippen MR) is 122 cm³/mol. The maximum atomic E-state index is 12.8. The van der Waals surface area contributed by atoms with Gasteiger partial charge in [0, 0.05) is 24.0 Å². The Morgan fingerprint density at radius 2 is 1.84 bits per heavy atom. The van der Waals surface area contributed by atoms with Crippen LogP contribution in [0.1, 0.15) is 18.4 Å². The molecule has 2 N–H and O–H groups in total. The van der Waals surface area contributed by atoms with Gasteiger partial charge >= 0.3 is 0 Å². The van der Waals surface area contributed by atoms with Crippen LogP contribution in [0.5, 0.6) is 5.75 Å². The van der Waals surface area contributed by atoms with E-state index in [2.05, 4.69) is 5.32 Å². The number of rotatable bonds is 5. The number of aromatic hydroxyl groups is 1. The summed E-state index contributed by atoms with van der Waals surface area (Å²) < 4.78 is 32.7. The van der Waals surface area contributed by atoms with Gasteiger partial charge in [0.05, 0.1) is 23.3 Å². The zero-order chi connectivity index (χ0) is 22.3. The monoisotopic (exact) mass is 450 g/mol. The van der Waals surface area contributed by atoms with Crippen LogP contribution < -0.4 is 5.32 Å². The van der Waals surface area contributed by atoms with Gasteiger partial charge in [-0.15, -0.1) is 0 Å². The molecule has 32 heavy (non-hydrogen) atoms. The molecule has 1 aliphatic heterocycles. The molecule has 0 spiro atoms. The van der Waals surface area contributed by atoms with Crippen LogP contribution in [0.15, 0.2) is 70.2 Å². The first-order valence-electron chi connectivity index (χ1n) is 10.4. The second-order valence-corrected chi connectivity index (χ2v) is 9.87. The van der Waals surface area contributed by atoms with Crippen molar-refractivity contribution in [2.75, 3.05) is 18.4 Å². The molecule has 1 aromatic heterocycles. The molecule has 164 valence electrons. The third-order valence-electron chi connectivity index (χ3n) is 5.84. The molecule has 4 aromatic rings. The highest BCUT2D eigenvalue weighted by atomic mass is 32.2. The Bertz CT molecular complexity index is 1440.